The first-order chi connectivity index (χ1) is 6.59. The fourth-order valence-corrected chi connectivity index (χ4v) is 1.54. The summed E-state index contributed by atoms with van der Waals surface area (Å²) < 4.78 is 12.8. The first-order valence-corrected chi connectivity index (χ1v) is 4.88. The second-order valence-electron chi connectivity index (χ2n) is 4.42. The zero-order chi connectivity index (χ0) is 10.2. The van der Waals surface area contributed by atoms with Gasteiger partial charge in [0.25, 0.3) is 0 Å². The van der Waals surface area contributed by atoms with E-state index in [9.17, 15) is 9.18 Å². The zero-order valence-electron chi connectivity index (χ0n) is 8.22. The van der Waals surface area contributed by atoms with Crippen molar-refractivity contribution in [3.63, 3.8) is 0 Å². The van der Waals surface area contributed by atoms with Gasteiger partial charge in [0.15, 0.2) is 5.78 Å². The average Bonchev–Trinajstić information content (AvgIpc) is 2.83. The van der Waals surface area contributed by atoms with Crippen molar-refractivity contribution in [2.45, 2.75) is 26.2 Å². The predicted octanol–water partition coefficient (Wildman–Crippen LogP) is 3.20. The molecule has 0 atom stereocenters. The van der Waals surface area contributed by atoms with Gasteiger partial charge in [-0.05, 0) is 30.4 Å². The summed E-state index contributed by atoms with van der Waals surface area (Å²) in [5.74, 6) is -0.277. The van der Waals surface area contributed by atoms with Crippen LogP contribution in [0.4, 0.5) is 4.39 Å². The second-order valence-corrected chi connectivity index (χ2v) is 4.42. The molecule has 0 aliphatic heterocycles. The van der Waals surface area contributed by atoms with Crippen molar-refractivity contribution in [1.29, 1.82) is 0 Å². The Morgan fingerprint density at radius 1 is 1.50 bits per heavy atom. The Kier molecular flexibility index (Phi) is 2.14. The molecule has 1 nitrogen and oxygen atoms in total. The molecule has 1 saturated carbocycles. The van der Waals surface area contributed by atoms with Crippen LogP contribution >= 0.6 is 0 Å². The van der Waals surface area contributed by atoms with Crippen LogP contribution in [0.5, 0.6) is 0 Å². The highest BCUT2D eigenvalue weighted by Crippen LogP contribution is 2.48. The lowest BCUT2D eigenvalue weighted by Crippen LogP contribution is -2.06. The molecule has 0 bridgehead atoms. The average molecular weight is 192 g/mol. The van der Waals surface area contributed by atoms with E-state index < -0.39 is 0 Å². The number of rotatable bonds is 3. The van der Waals surface area contributed by atoms with Crippen molar-refractivity contribution < 1.29 is 9.18 Å². The van der Waals surface area contributed by atoms with E-state index in [0.717, 1.165) is 12.8 Å². The largest absolute Gasteiger partial charge is 0.294 e. The highest BCUT2D eigenvalue weighted by molar-refractivity contribution is 5.96. The van der Waals surface area contributed by atoms with Crippen molar-refractivity contribution in [1.82, 2.24) is 0 Å². The van der Waals surface area contributed by atoms with Crippen molar-refractivity contribution in [2.24, 2.45) is 5.41 Å². The molecule has 0 aromatic heterocycles. The minimum Gasteiger partial charge on any atom is -0.294 e. The molecule has 1 aliphatic carbocycles. The molecular formula is C12H13FO. The van der Waals surface area contributed by atoms with Gasteiger partial charge in [-0.25, -0.2) is 4.39 Å². The number of ketones is 1. The van der Waals surface area contributed by atoms with Crippen molar-refractivity contribution >= 4 is 5.78 Å². The molecule has 1 fully saturated rings. The van der Waals surface area contributed by atoms with Crippen molar-refractivity contribution in [2.75, 3.05) is 0 Å². The van der Waals surface area contributed by atoms with E-state index in [0.29, 0.717) is 12.0 Å². The third-order valence-electron chi connectivity index (χ3n) is 2.84. The van der Waals surface area contributed by atoms with E-state index in [1.54, 1.807) is 12.1 Å². The van der Waals surface area contributed by atoms with Crippen LogP contribution in [-0.4, -0.2) is 5.78 Å². The number of hydrogen-bond acceptors (Lipinski definition) is 1. The Morgan fingerprint density at radius 3 is 2.79 bits per heavy atom. The van der Waals surface area contributed by atoms with Gasteiger partial charge in [-0.3, -0.25) is 4.79 Å². The maximum absolute atomic E-state index is 12.8. The quantitative estimate of drug-likeness (QED) is 0.672. The minimum atomic E-state index is -0.336. The molecule has 2 rings (SSSR count). The topological polar surface area (TPSA) is 17.1 Å². The maximum atomic E-state index is 12.8. The molecule has 0 radical (unpaired) electrons. The van der Waals surface area contributed by atoms with Crippen LogP contribution in [0.25, 0.3) is 0 Å². The van der Waals surface area contributed by atoms with Gasteiger partial charge < -0.3 is 0 Å². The normalized spacial score (nSPS) is 17.9. The molecule has 0 N–H and O–H groups in total. The monoisotopic (exact) mass is 192 g/mol. The van der Waals surface area contributed by atoms with Crippen LogP contribution in [0.15, 0.2) is 24.3 Å². The van der Waals surface area contributed by atoms with Crippen LogP contribution in [-0.2, 0) is 0 Å². The van der Waals surface area contributed by atoms with E-state index in [2.05, 4.69) is 6.92 Å². The van der Waals surface area contributed by atoms with Crippen LogP contribution in [0.3, 0.4) is 0 Å². The first-order valence-electron chi connectivity index (χ1n) is 4.88. The number of carbonyl (C=O) groups excluding carboxylic acids is 1. The Hall–Kier alpha value is -1.18. The summed E-state index contributed by atoms with van der Waals surface area (Å²) in [5, 5.41) is 0. The summed E-state index contributed by atoms with van der Waals surface area (Å²) in [6.45, 7) is 2.10. The molecule has 2 heteroatoms. The molecule has 0 saturated heterocycles. The molecule has 1 aromatic carbocycles. The number of Topliss-reactive ketones (excluding diaryl/α,β-unsaturated/α-hetero) is 1. The Bertz CT molecular complexity index is 366. The number of benzene rings is 1. The van der Waals surface area contributed by atoms with Crippen LogP contribution in [0.1, 0.15) is 36.5 Å². The first kappa shape index (κ1) is 9.38. The molecular weight excluding hydrogens is 179 g/mol. The minimum absolute atomic E-state index is 0.0597. The fraction of sp³-hybridized carbons (Fsp3) is 0.417. The van der Waals surface area contributed by atoms with E-state index in [-0.39, 0.29) is 17.0 Å². The second kappa shape index (κ2) is 3.19. The van der Waals surface area contributed by atoms with Crippen molar-refractivity contribution in [3.05, 3.63) is 35.6 Å². The summed E-state index contributed by atoms with van der Waals surface area (Å²) in [5.41, 5.74) is 0.696. The van der Waals surface area contributed by atoms with Gasteiger partial charge in [0.2, 0.25) is 0 Å². The molecule has 0 unspecified atom stereocenters. The van der Waals surface area contributed by atoms with E-state index >= 15 is 0 Å². The highest BCUT2D eigenvalue weighted by atomic mass is 19.1. The van der Waals surface area contributed by atoms with Crippen LogP contribution < -0.4 is 0 Å². The summed E-state index contributed by atoms with van der Waals surface area (Å²) in [4.78, 5) is 11.7. The third-order valence-corrected chi connectivity index (χ3v) is 2.84. The van der Waals surface area contributed by atoms with Gasteiger partial charge in [0, 0.05) is 12.0 Å². The molecule has 0 spiro atoms. The van der Waals surface area contributed by atoms with Gasteiger partial charge in [-0.1, -0.05) is 19.1 Å². The number of carbonyl (C=O) groups is 1. The summed E-state index contributed by atoms with van der Waals surface area (Å²) in [6.07, 6.45) is 2.79. The van der Waals surface area contributed by atoms with E-state index in [1.165, 1.54) is 12.1 Å². The Labute approximate surface area is 82.9 Å². The molecule has 14 heavy (non-hydrogen) atoms. The van der Waals surface area contributed by atoms with Gasteiger partial charge in [0.1, 0.15) is 5.82 Å². The summed E-state index contributed by atoms with van der Waals surface area (Å²) in [7, 11) is 0. The Balaban J connectivity index is 2.11. The van der Waals surface area contributed by atoms with Crippen molar-refractivity contribution in [3.8, 4) is 0 Å². The lowest BCUT2D eigenvalue weighted by molar-refractivity contribution is 0.0959. The Morgan fingerprint density at radius 2 is 2.21 bits per heavy atom. The molecule has 0 amide bonds. The SMILES string of the molecule is CC1(CC(=O)c2cccc(F)c2)CC1. The molecule has 0 heterocycles. The lowest BCUT2D eigenvalue weighted by Gasteiger charge is -2.06. The van der Waals surface area contributed by atoms with E-state index in [1.807, 2.05) is 0 Å². The van der Waals surface area contributed by atoms with Crippen LogP contribution in [0.2, 0.25) is 0 Å². The standard InChI is InChI=1S/C12H13FO/c1-12(5-6-12)8-11(14)9-3-2-4-10(13)7-9/h2-4,7H,5-6,8H2,1H3. The van der Waals surface area contributed by atoms with E-state index in [4.69, 9.17) is 0 Å². The molecule has 1 aliphatic rings. The molecule has 74 valence electrons. The predicted molar refractivity (Wildman–Crippen MR) is 52.7 cm³/mol. The van der Waals surface area contributed by atoms with Gasteiger partial charge in [-0.2, -0.15) is 0 Å². The van der Waals surface area contributed by atoms with Crippen LogP contribution in [0, 0.1) is 11.2 Å². The van der Waals surface area contributed by atoms with Gasteiger partial charge in [-0.15, -0.1) is 0 Å². The molecule has 1 aromatic rings. The third kappa shape index (κ3) is 2.00. The summed E-state index contributed by atoms with van der Waals surface area (Å²) in [6, 6.07) is 5.93. The fourth-order valence-electron chi connectivity index (χ4n) is 1.54. The number of halogens is 1. The smallest absolute Gasteiger partial charge is 0.163 e. The zero-order valence-corrected chi connectivity index (χ0v) is 8.22. The lowest BCUT2D eigenvalue weighted by atomic mass is 9.98. The summed E-state index contributed by atoms with van der Waals surface area (Å²) >= 11 is 0. The highest BCUT2D eigenvalue weighted by Gasteiger charge is 2.39. The maximum Gasteiger partial charge on any atom is 0.163 e. The van der Waals surface area contributed by atoms with Gasteiger partial charge >= 0.3 is 0 Å². The van der Waals surface area contributed by atoms with Gasteiger partial charge in [0.05, 0.1) is 0 Å². The number of hydrogen-bond donors (Lipinski definition) is 0.